The first-order chi connectivity index (χ1) is 9.67. The van der Waals surface area contributed by atoms with Gasteiger partial charge < -0.3 is 10.5 Å². The van der Waals surface area contributed by atoms with Crippen LogP contribution in [0.5, 0.6) is 5.75 Å². The summed E-state index contributed by atoms with van der Waals surface area (Å²) in [5.74, 6) is -0.217. The number of benzene rings is 1. The fraction of sp³-hybridized carbons (Fsp3) is 0.500. The second-order valence-electron chi connectivity index (χ2n) is 4.97. The third-order valence-corrected chi connectivity index (χ3v) is 3.12. The molecule has 0 atom stereocenters. The first kappa shape index (κ1) is 17.7. The van der Waals surface area contributed by atoms with Crippen molar-refractivity contribution in [1.82, 2.24) is 4.90 Å². The van der Waals surface area contributed by atoms with Crippen LogP contribution in [0.1, 0.15) is 25.8 Å². The number of hydrogen-bond acceptors (Lipinski definition) is 3. The Labute approximate surface area is 127 Å². The highest BCUT2D eigenvalue weighted by molar-refractivity contribution is 7.80. The van der Waals surface area contributed by atoms with Crippen LogP contribution in [0.25, 0.3) is 0 Å². The number of halogens is 3. The predicted octanol–water partition coefficient (Wildman–Crippen LogP) is 3.47. The Balaban J connectivity index is 2.65. The van der Waals surface area contributed by atoms with Crippen LogP contribution < -0.4 is 10.5 Å². The van der Waals surface area contributed by atoms with E-state index in [-0.39, 0.29) is 11.8 Å². The molecule has 0 radical (unpaired) electrons. The molecule has 0 heterocycles. The summed E-state index contributed by atoms with van der Waals surface area (Å²) in [7, 11) is 0. The van der Waals surface area contributed by atoms with Gasteiger partial charge in [0.1, 0.15) is 5.75 Å². The van der Waals surface area contributed by atoms with Crippen molar-refractivity contribution in [3.05, 3.63) is 29.8 Å². The number of ether oxygens (including phenoxy) is 1. The van der Waals surface area contributed by atoms with Crippen molar-refractivity contribution in [2.75, 3.05) is 6.54 Å². The Kier molecular flexibility index (Phi) is 6.42. The van der Waals surface area contributed by atoms with Crippen molar-refractivity contribution < 1.29 is 17.9 Å². The van der Waals surface area contributed by atoms with Gasteiger partial charge in [0.2, 0.25) is 0 Å². The molecule has 0 aliphatic carbocycles. The highest BCUT2D eigenvalue weighted by Gasteiger charge is 2.30. The SMILES string of the molecule is CC(C)N(CCC(N)=S)Cc1ccc(OC(F)(F)F)cc1. The lowest BCUT2D eigenvalue weighted by Crippen LogP contribution is -2.33. The van der Waals surface area contributed by atoms with E-state index in [0.29, 0.717) is 24.5 Å². The van der Waals surface area contributed by atoms with E-state index in [2.05, 4.69) is 9.64 Å². The molecule has 1 rings (SSSR count). The third kappa shape index (κ3) is 7.29. The van der Waals surface area contributed by atoms with E-state index in [1.807, 2.05) is 13.8 Å². The summed E-state index contributed by atoms with van der Waals surface area (Å²) in [6.07, 6.45) is -4.05. The summed E-state index contributed by atoms with van der Waals surface area (Å²) in [5, 5.41) is 0. The smallest absolute Gasteiger partial charge is 0.406 e. The number of nitrogens with two attached hydrogens (primary N) is 1. The van der Waals surface area contributed by atoms with Gasteiger partial charge in [-0.2, -0.15) is 0 Å². The van der Waals surface area contributed by atoms with Crippen molar-refractivity contribution in [2.45, 2.75) is 39.2 Å². The molecule has 21 heavy (non-hydrogen) atoms. The summed E-state index contributed by atoms with van der Waals surface area (Å²) >= 11 is 4.86. The fourth-order valence-electron chi connectivity index (χ4n) is 1.80. The molecule has 3 nitrogen and oxygen atoms in total. The lowest BCUT2D eigenvalue weighted by molar-refractivity contribution is -0.274. The van der Waals surface area contributed by atoms with E-state index < -0.39 is 6.36 Å². The zero-order valence-corrected chi connectivity index (χ0v) is 12.8. The maximum absolute atomic E-state index is 12.1. The quantitative estimate of drug-likeness (QED) is 0.781. The first-order valence-corrected chi connectivity index (χ1v) is 6.95. The summed E-state index contributed by atoms with van der Waals surface area (Å²) in [6.45, 7) is 5.42. The zero-order chi connectivity index (χ0) is 16.0. The van der Waals surface area contributed by atoms with Gasteiger partial charge in [-0.3, -0.25) is 4.90 Å². The highest BCUT2D eigenvalue weighted by Crippen LogP contribution is 2.23. The molecule has 0 aliphatic rings. The van der Waals surface area contributed by atoms with Crippen LogP contribution in [0.3, 0.4) is 0 Å². The minimum atomic E-state index is -4.66. The van der Waals surface area contributed by atoms with Gasteiger partial charge in [0.15, 0.2) is 0 Å². The molecule has 0 bridgehead atoms. The van der Waals surface area contributed by atoms with Crippen molar-refractivity contribution in [3.8, 4) is 5.75 Å². The van der Waals surface area contributed by atoms with Gasteiger partial charge in [-0.1, -0.05) is 24.4 Å². The molecule has 0 aromatic heterocycles. The molecule has 2 N–H and O–H groups in total. The Hall–Kier alpha value is -1.34. The van der Waals surface area contributed by atoms with Gasteiger partial charge in [-0.05, 0) is 31.5 Å². The molecule has 0 unspecified atom stereocenters. The lowest BCUT2D eigenvalue weighted by Gasteiger charge is -2.26. The number of thiocarbonyl (C=S) groups is 1. The van der Waals surface area contributed by atoms with Gasteiger partial charge >= 0.3 is 6.36 Å². The number of rotatable bonds is 7. The molecule has 118 valence electrons. The normalized spacial score (nSPS) is 12.0. The molecule has 1 aromatic rings. The molecule has 1 aromatic carbocycles. The zero-order valence-electron chi connectivity index (χ0n) is 12.0. The van der Waals surface area contributed by atoms with Gasteiger partial charge in [0.05, 0.1) is 4.99 Å². The summed E-state index contributed by atoms with van der Waals surface area (Å²) in [6, 6.07) is 6.16. The van der Waals surface area contributed by atoms with Gasteiger partial charge in [-0.25, -0.2) is 0 Å². The standard InChI is InChI=1S/C14H19F3N2OS/c1-10(2)19(8-7-13(18)21)9-11-3-5-12(6-4-11)20-14(15,16)17/h3-6,10H,7-9H2,1-2H3,(H2,18,21). The van der Waals surface area contributed by atoms with E-state index in [0.717, 1.165) is 5.56 Å². The van der Waals surface area contributed by atoms with Gasteiger partial charge in [0, 0.05) is 25.6 Å². The molecular formula is C14H19F3N2OS. The van der Waals surface area contributed by atoms with Crippen LogP contribution in [0, 0.1) is 0 Å². The van der Waals surface area contributed by atoms with E-state index >= 15 is 0 Å². The van der Waals surface area contributed by atoms with E-state index in [9.17, 15) is 13.2 Å². The van der Waals surface area contributed by atoms with E-state index in [1.165, 1.54) is 12.1 Å². The minimum absolute atomic E-state index is 0.217. The van der Waals surface area contributed by atoms with E-state index in [4.69, 9.17) is 18.0 Å². The van der Waals surface area contributed by atoms with Crippen LogP contribution in [0.2, 0.25) is 0 Å². The molecule has 0 fully saturated rings. The van der Waals surface area contributed by atoms with Crippen molar-refractivity contribution >= 4 is 17.2 Å². The predicted molar refractivity (Wildman–Crippen MR) is 80.1 cm³/mol. The summed E-state index contributed by atoms with van der Waals surface area (Å²) in [4.78, 5) is 2.60. The second-order valence-corrected chi connectivity index (χ2v) is 5.50. The fourth-order valence-corrected chi connectivity index (χ4v) is 1.90. The molecule has 0 saturated carbocycles. The van der Waals surface area contributed by atoms with Crippen molar-refractivity contribution in [1.29, 1.82) is 0 Å². The summed E-state index contributed by atoms with van der Waals surface area (Å²) < 4.78 is 40.1. The Morgan fingerprint density at radius 1 is 1.29 bits per heavy atom. The first-order valence-electron chi connectivity index (χ1n) is 6.54. The highest BCUT2D eigenvalue weighted by atomic mass is 32.1. The topological polar surface area (TPSA) is 38.5 Å². The van der Waals surface area contributed by atoms with Crippen LogP contribution in [-0.2, 0) is 6.54 Å². The average Bonchev–Trinajstić information content (AvgIpc) is 2.34. The van der Waals surface area contributed by atoms with Crippen LogP contribution in [0.15, 0.2) is 24.3 Å². The van der Waals surface area contributed by atoms with Crippen LogP contribution in [0.4, 0.5) is 13.2 Å². The molecule has 7 heteroatoms. The second kappa shape index (κ2) is 7.61. The molecular weight excluding hydrogens is 301 g/mol. The maximum atomic E-state index is 12.1. The van der Waals surface area contributed by atoms with Crippen molar-refractivity contribution in [2.24, 2.45) is 5.73 Å². The van der Waals surface area contributed by atoms with Crippen LogP contribution >= 0.6 is 12.2 Å². The number of nitrogens with zero attached hydrogens (tertiary/aromatic N) is 1. The lowest BCUT2D eigenvalue weighted by atomic mass is 10.1. The average molecular weight is 320 g/mol. The monoisotopic (exact) mass is 320 g/mol. The maximum Gasteiger partial charge on any atom is 0.573 e. The third-order valence-electron chi connectivity index (χ3n) is 2.92. The molecule has 0 aliphatic heterocycles. The Bertz CT molecular complexity index is 460. The Morgan fingerprint density at radius 2 is 1.86 bits per heavy atom. The van der Waals surface area contributed by atoms with Crippen LogP contribution in [-0.4, -0.2) is 28.8 Å². The Morgan fingerprint density at radius 3 is 2.29 bits per heavy atom. The van der Waals surface area contributed by atoms with Gasteiger partial charge in [-0.15, -0.1) is 13.2 Å². The minimum Gasteiger partial charge on any atom is -0.406 e. The largest absolute Gasteiger partial charge is 0.573 e. The number of hydrogen-bond donors (Lipinski definition) is 1. The van der Waals surface area contributed by atoms with E-state index in [1.54, 1.807) is 12.1 Å². The summed E-state index contributed by atoms with van der Waals surface area (Å²) in [5.41, 5.74) is 6.40. The number of alkyl halides is 3. The van der Waals surface area contributed by atoms with Crippen molar-refractivity contribution in [3.63, 3.8) is 0 Å². The van der Waals surface area contributed by atoms with Gasteiger partial charge in [0.25, 0.3) is 0 Å². The molecule has 0 spiro atoms. The molecule has 0 amide bonds. The molecule has 0 saturated heterocycles.